The summed E-state index contributed by atoms with van der Waals surface area (Å²) in [5, 5.41) is 8.70. The van der Waals surface area contributed by atoms with Gasteiger partial charge in [0.1, 0.15) is 6.10 Å². The number of hydrogen-bond donors (Lipinski definition) is 1. The van der Waals surface area contributed by atoms with E-state index in [0.29, 0.717) is 12.8 Å². The van der Waals surface area contributed by atoms with Crippen LogP contribution in [0.5, 0.6) is 0 Å². The van der Waals surface area contributed by atoms with Gasteiger partial charge in [-0.25, -0.2) is 0 Å². The Balaban J connectivity index is 3.93. The normalized spacial score (nSPS) is 12.2. The van der Waals surface area contributed by atoms with Gasteiger partial charge in [-0.15, -0.1) is 0 Å². The quantitative estimate of drug-likeness (QED) is 0.0430. The monoisotopic (exact) mass is 621 g/mol. The SMILES string of the molecule is CCCCCCCC/C=C\CCCCCCCC(=O)OC(CCCCCCCC)CCCCCCCCCCCCC(=O)O. The number of rotatable bonds is 36. The highest BCUT2D eigenvalue weighted by Gasteiger charge is 2.14. The van der Waals surface area contributed by atoms with Crippen molar-refractivity contribution < 1.29 is 19.4 Å². The van der Waals surface area contributed by atoms with Gasteiger partial charge in [0.05, 0.1) is 0 Å². The van der Waals surface area contributed by atoms with E-state index in [4.69, 9.17) is 9.84 Å². The molecule has 0 aliphatic rings. The number of ether oxygens (including phenoxy) is 1. The van der Waals surface area contributed by atoms with Crippen LogP contribution in [-0.4, -0.2) is 23.1 Å². The highest BCUT2D eigenvalue weighted by molar-refractivity contribution is 5.69. The molecule has 260 valence electrons. The number of unbranched alkanes of at least 4 members (excludes halogenated alkanes) is 25. The number of allylic oxidation sites excluding steroid dienone is 2. The standard InChI is InChI=1S/C40H76O4/c1-3-5-7-9-11-12-13-14-15-16-17-22-25-29-33-37-40(43)44-38(34-30-26-10-8-6-4-2)35-31-27-23-20-18-19-21-24-28-32-36-39(41)42/h14-15,38H,3-13,16-37H2,1-2H3,(H,41,42)/b15-14-. The molecule has 44 heavy (non-hydrogen) atoms. The number of carboxylic acid groups (broad SMARTS) is 1. The second-order valence-electron chi connectivity index (χ2n) is 13.5. The number of hydrogen-bond acceptors (Lipinski definition) is 3. The molecule has 0 spiro atoms. The lowest BCUT2D eigenvalue weighted by atomic mass is 10.0. The fourth-order valence-corrected chi connectivity index (χ4v) is 6.06. The molecule has 1 N–H and O–H groups in total. The lowest BCUT2D eigenvalue weighted by molar-refractivity contribution is -0.150. The van der Waals surface area contributed by atoms with Crippen molar-refractivity contribution in [2.75, 3.05) is 0 Å². The Morgan fingerprint density at radius 2 is 0.818 bits per heavy atom. The first-order valence-electron chi connectivity index (χ1n) is 19.7. The summed E-state index contributed by atoms with van der Waals surface area (Å²) >= 11 is 0. The Morgan fingerprint density at radius 1 is 0.477 bits per heavy atom. The van der Waals surface area contributed by atoms with Crippen LogP contribution in [0.2, 0.25) is 0 Å². The highest BCUT2D eigenvalue weighted by atomic mass is 16.5. The summed E-state index contributed by atoms with van der Waals surface area (Å²) in [6, 6.07) is 0. The summed E-state index contributed by atoms with van der Waals surface area (Å²) in [6.45, 7) is 4.54. The van der Waals surface area contributed by atoms with E-state index in [1.807, 2.05) is 0 Å². The van der Waals surface area contributed by atoms with E-state index in [0.717, 1.165) is 51.4 Å². The predicted molar refractivity (Wildman–Crippen MR) is 190 cm³/mol. The molecule has 1 atom stereocenters. The van der Waals surface area contributed by atoms with Gasteiger partial charge in [-0.1, -0.05) is 161 Å². The first-order chi connectivity index (χ1) is 21.6. The summed E-state index contributed by atoms with van der Waals surface area (Å²) in [5.74, 6) is -0.644. The zero-order valence-electron chi connectivity index (χ0n) is 29.7. The number of carboxylic acids is 1. The van der Waals surface area contributed by atoms with E-state index < -0.39 is 5.97 Å². The molecule has 0 fully saturated rings. The van der Waals surface area contributed by atoms with Crippen LogP contribution in [0.15, 0.2) is 12.2 Å². The molecular weight excluding hydrogens is 544 g/mol. The molecule has 0 radical (unpaired) electrons. The number of carbonyl (C=O) groups excluding carboxylic acids is 1. The Hall–Kier alpha value is -1.32. The molecule has 0 bridgehead atoms. The minimum absolute atomic E-state index is 0.0296. The summed E-state index contributed by atoms with van der Waals surface area (Å²) in [4.78, 5) is 23.2. The maximum atomic E-state index is 12.6. The van der Waals surface area contributed by atoms with E-state index in [-0.39, 0.29) is 12.1 Å². The molecule has 0 rings (SSSR count). The van der Waals surface area contributed by atoms with E-state index in [1.165, 1.54) is 148 Å². The van der Waals surface area contributed by atoms with Gasteiger partial charge in [-0.3, -0.25) is 9.59 Å². The molecule has 0 aromatic rings. The predicted octanol–water partition coefficient (Wildman–Crippen LogP) is 13.5. The van der Waals surface area contributed by atoms with Crippen molar-refractivity contribution >= 4 is 11.9 Å². The van der Waals surface area contributed by atoms with Gasteiger partial charge >= 0.3 is 11.9 Å². The molecule has 4 heteroatoms. The second-order valence-corrected chi connectivity index (χ2v) is 13.5. The number of aliphatic carboxylic acids is 1. The van der Waals surface area contributed by atoms with Crippen LogP contribution in [0, 0.1) is 0 Å². The van der Waals surface area contributed by atoms with Crippen molar-refractivity contribution in [3.8, 4) is 0 Å². The average Bonchev–Trinajstić information content (AvgIpc) is 3.01. The second kappa shape index (κ2) is 36.2. The summed E-state index contributed by atoms with van der Waals surface area (Å²) in [6.07, 6.45) is 43.8. The van der Waals surface area contributed by atoms with Gasteiger partial charge in [-0.2, -0.15) is 0 Å². The molecule has 0 saturated carbocycles. The van der Waals surface area contributed by atoms with Crippen molar-refractivity contribution in [2.24, 2.45) is 0 Å². The van der Waals surface area contributed by atoms with E-state index in [1.54, 1.807) is 0 Å². The van der Waals surface area contributed by atoms with Gasteiger partial charge in [0, 0.05) is 12.8 Å². The van der Waals surface area contributed by atoms with Crippen LogP contribution in [0.4, 0.5) is 0 Å². The zero-order chi connectivity index (χ0) is 32.2. The van der Waals surface area contributed by atoms with E-state index >= 15 is 0 Å². The van der Waals surface area contributed by atoms with Gasteiger partial charge in [0.2, 0.25) is 0 Å². The molecule has 1 unspecified atom stereocenters. The smallest absolute Gasteiger partial charge is 0.306 e. The molecule has 0 heterocycles. The summed E-state index contributed by atoms with van der Waals surface area (Å²) in [5.41, 5.74) is 0. The maximum absolute atomic E-state index is 12.6. The van der Waals surface area contributed by atoms with Crippen LogP contribution in [-0.2, 0) is 14.3 Å². The van der Waals surface area contributed by atoms with Crippen molar-refractivity contribution in [1.29, 1.82) is 0 Å². The fourth-order valence-electron chi connectivity index (χ4n) is 6.06. The van der Waals surface area contributed by atoms with Crippen molar-refractivity contribution in [1.82, 2.24) is 0 Å². The molecule has 0 aliphatic heterocycles. The summed E-state index contributed by atoms with van der Waals surface area (Å²) in [7, 11) is 0. The fraction of sp³-hybridized carbons (Fsp3) is 0.900. The third kappa shape index (κ3) is 35.2. The van der Waals surface area contributed by atoms with Crippen LogP contribution < -0.4 is 0 Å². The Labute approximate surface area is 275 Å². The van der Waals surface area contributed by atoms with Gasteiger partial charge in [-0.05, 0) is 64.2 Å². The molecule has 0 amide bonds. The molecule has 0 aliphatic carbocycles. The number of carbonyl (C=O) groups is 2. The lowest BCUT2D eigenvalue weighted by Gasteiger charge is -2.18. The largest absolute Gasteiger partial charge is 0.481 e. The van der Waals surface area contributed by atoms with Gasteiger partial charge in [0.15, 0.2) is 0 Å². The zero-order valence-corrected chi connectivity index (χ0v) is 29.7. The Bertz CT molecular complexity index is 629. The minimum Gasteiger partial charge on any atom is -0.481 e. The van der Waals surface area contributed by atoms with Crippen LogP contribution in [0.25, 0.3) is 0 Å². The van der Waals surface area contributed by atoms with Crippen molar-refractivity contribution in [3.63, 3.8) is 0 Å². The number of esters is 1. The van der Waals surface area contributed by atoms with Crippen molar-refractivity contribution in [2.45, 2.75) is 232 Å². The minimum atomic E-state index is -0.674. The molecule has 0 aromatic heterocycles. The van der Waals surface area contributed by atoms with Crippen LogP contribution in [0.1, 0.15) is 226 Å². The molecule has 0 saturated heterocycles. The summed E-state index contributed by atoms with van der Waals surface area (Å²) < 4.78 is 6.02. The van der Waals surface area contributed by atoms with Crippen LogP contribution in [0.3, 0.4) is 0 Å². The van der Waals surface area contributed by atoms with Gasteiger partial charge < -0.3 is 9.84 Å². The molecule has 4 nitrogen and oxygen atoms in total. The first-order valence-corrected chi connectivity index (χ1v) is 19.7. The van der Waals surface area contributed by atoms with E-state index in [2.05, 4.69) is 26.0 Å². The highest BCUT2D eigenvalue weighted by Crippen LogP contribution is 2.19. The first kappa shape index (κ1) is 42.7. The van der Waals surface area contributed by atoms with Crippen molar-refractivity contribution in [3.05, 3.63) is 12.2 Å². The Morgan fingerprint density at radius 3 is 1.23 bits per heavy atom. The molecular formula is C40H76O4. The third-order valence-electron chi connectivity index (χ3n) is 8.99. The van der Waals surface area contributed by atoms with E-state index in [9.17, 15) is 9.59 Å². The molecule has 0 aromatic carbocycles. The lowest BCUT2D eigenvalue weighted by Crippen LogP contribution is -2.18. The van der Waals surface area contributed by atoms with Crippen LogP contribution >= 0.6 is 0 Å². The topological polar surface area (TPSA) is 63.6 Å². The Kier molecular flexibility index (Phi) is 35.1. The maximum Gasteiger partial charge on any atom is 0.306 e. The average molecular weight is 621 g/mol. The third-order valence-corrected chi connectivity index (χ3v) is 8.99. The van der Waals surface area contributed by atoms with Gasteiger partial charge in [0.25, 0.3) is 0 Å².